The van der Waals surface area contributed by atoms with Gasteiger partial charge in [0.15, 0.2) is 0 Å². The SMILES string of the molecule is CCOc1ccc(C2Nc3ccc(S(=O)(=O)NCc4ccccc4)cc3C3C=CCC32)cc1. The van der Waals surface area contributed by atoms with Crippen LogP contribution in [0.2, 0.25) is 0 Å². The van der Waals surface area contributed by atoms with Crippen LogP contribution in [0, 0.1) is 5.92 Å². The Kier molecular flexibility index (Phi) is 5.96. The molecular formula is C27H28N2O3S. The van der Waals surface area contributed by atoms with Crippen molar-refractivity contribution < 1.29 is 13.2 Å². The number of hydrogen-bond acceptors (Lipinski definition) is 4. The van der Waals surface area contributed by atoms with E-state index in [1.165, 1.54) is 5.56 Å². The number of anilines is 1. The van der Waals surface area contributed by atoms with Crippen molar-refractivity contribution in [3.8, 4) is 5.75 Å². The summed E-state index contributed by atoms with van der Waals surface area (Å²) in [6.45, 7) is 2.90. The fraction of sp³-hybridized carbons (Fsp3) is 0.259. The van der Waals surface area contributed by atoms with Gasteiger partial charge in [-0.3, -0.25) is 0 Å². The third-order valence-electron chi connectivity index (χ3n) is 6.50. The predicted octanol–water partition coefficient (Wildman–Crippen LogP) is 5.39. The molecule has 0 radical (unpaired) electrons. The van der Waals surface area contributed by atoms with Crippen molar-refractivity contribution in [2.24, 2.45) is 5.92 Å². The Morgan fingerprint density at radius 3 is 2.58 bits per heavy atom. The second kappa shape index (κ2) is 9.04. The number of sulfonamides is 1. The molecule has 1 aliphatic carbocycles. The number of ether oxygens (including phenoxy) is 1. The molecule has 0 bridgehead atoms. The zero-order valence-corrected chi connectivity index (χ0v) is 19.4. The smallest absolute Gasteiger partial charge is 0.240 e. The highest BCUT2D eigenvalue weighted by Gasteiger charge is 2.38. The molecule has 0 saturated heterocycles. The van der Waals surface area contributed by atoms with Gasteiger partial charge in [-0.1, -0.05) is 54.6 Å². The minimum absolute atomic E-state index is 0.159. The number of allylic oxidation sites excluding steroid dienone is 2. The second-order valence-electron chi connectivity index (χ2n) is 8.54. The van der Waals surface area contributed by atoms with Crippen molar-refractivity contribution >= 4 is 15.7 Å². The summed E-state index contributed by atoms with van der Waals surface area (Å²) in [6, 6.07) is 23.4. The van der Waals surface area contributed by atoms with Crippen molar-refractivity contribution in [1.29, 1.82) is 0 Å². The van der Waals surface area contributed by atoms with Crippen molar-refractivity contribution in [1.82, 2.24) is 4.72 Å². The molecule has 3 unspecified atom stereocenters. The summed E-state index contributed by atoms with van der Waals surface area (Å²) >= 11 is 0. The van der Waals surface area contributed by atoms with E-state index in [1.54, 1.807) is 6.07 Å². The normalized spacial score (nSPS) is 21.2. The van der Waals surface area contributed by atoms with E-state index in [4.69, 9.17) is 4.74 Å². The molecule has 3 atom stereocenters. The molecule has 0 spiro atoms. The van der Waals surface area contributed by atoms with E-state index in [1.807, 2.05) is 61.5 Å². The lowest BCUT2D eigenvalue weighted by molar-refractivity contribution is 0.340. The Balaban J connectivity index is 1.40. The number of benzene rings is 3. The van der Waals surface area contributed by atoms with E-state index >= 15 is 0 Å². The standard InChI is InChI=1S/C27H28N2O3S/c1-2-32-21-13-11-20(12-14-21)27-24-10-6-9-23(24)25-17-22(15-16-26(25)29-27)33(30,31)28-18-19-7-4-3-5-8-19/h3-9,11-17,23-24,27-29H,2,10,18H2,1H3. The van der Waals surface area contributed by atoms with Crippen LogP contribution in [0.15, 0.2) is 89.8 Å². The minimum atomic E-state index is -3.61. The molecule has 1 heterocycles. The molecule has 0 amide bonds. The van der Waals surface area contributed by atoms with Crippen LogP contribution in [0.5, 0.6) is 5.75 Å². The molecule has 0 fully saturated rings. The summed E-state index contributed by atoms with van der Waals surface area (Å²) in [5.74, 6) is 1.39. The van der Waals surface area contributed by atoms with Crippen LogP contribution in [0.3, 0.4) is 0 Å². The van der Waals surface area contributed by atoms with Crippen molar-refractivity contribution in [3.63, 3.8) is 0 Å². The third kappa shape index (κ3) is 4.41. The third-order valence-corrected chi connectivity index (χ3v) is 7.90. The van der Waals surface area contributed by atoms with Gasteiger partial charge >= 0.3 is 0 Å². The highest BCUT2D eigenvalue weighted by molar-refractivity contribution is 7.89. The fourth-order valence-corrected chi connectivity index (χ4v) is 5.92. The van der Waals surface area contributed by atoms with Crippen LogP contribution in [-0.2, 0) is 16.6 Å². The van der Waals surface area contributed by atoms with Gasteiger partial charge in [-0.05, 0) is 66.3 Å². The Morgan fingerprint density at radius 1 is 1.03 bits per heavy atom. The molecule has 0 aromatic heterocycles. The Morgan fingerprint density at radius 2 is 1.82 bits per heavy atom. The maximum atomic E-state index is 13.0. The van der Waals surface area contributed by atoms with Gasteiger partial charge in [0.2, 0.25) is 10.0 Å². The van der Waals surface area contributed by atoms with E-state index in [2.05, 4.69) is 34.3 Å². The molecule has 0 saturated carbocycles. The van der Waals surface area contributed by atoms with Gasteiger partial charge in [0.05, 0.1) is 17.5 Å². The van der Waals surface area contributed by atoms with Crippen LogP contribution in [0.1, 0.15) is 42.0 Å². The first-order valence-electron chi connectivity index (χ1n) is 11.4. The van der Waals surface area contributed by atoms with Gasteiger partial charge in [0.1, 0.15) is 5.75 Å². The zero-order valence-electron chi connectivity index (χ0n) is 18.6. The lowest BCUT2D eigenvalue weighted by Crippen LogP contribution is -2.30. The molecule has 5 rings (SSSR count). The van der Waals surface area contributed by atoms with Gasteiger partial charge < -0.3 is 10.1 Å². The maximum absolute atomic E-state index is 13.0. The number of hydrogen-bond donors (Lipinski definition) is 2. The molecule has 5 nitrogen and oxygen atoms in total. The topological polar surface area (TPSA) is 67.4 Å². The van der Waals surface area contributed by atoms with Crippen molar-refractivity contribution in [2.75, 3.05) is 11.9 Å². The summed E-state index contributed by atoms with van der Waals surface area (Å²) in [5.41, 5.74) is 4.17. The van der Waals surface area contributed by atoms with Crippen LogP contribution in [0.25, 0.3) is 0 Å². The van der Waals surface area contributed by atoms with Gasteiger partial charge in [0, 0.05) is 18.2 Å². The fourth-order valence-electron chi connectivity index (χ4n) is 4.87. The summed E-state index contributed by atoms with van der Waals surface area (Å²) in [4.78, 5) is 0.303. The minimum Gasteiger partial charge on any atom is -0.494 e. The Labute approximate surface area is 195 Å². The summed E-state index contributed by atoms with van der Waals surface area (Å²) in [5, 5.41) is 3.68. The van der Waals surface area contributed by atoms with Crippen molar-refractivity contribution in [2.45, 2.75) is 36.7 Å². The van der Waals surface area contributed by atoms with E-state index in [-0.39, 0.29) is 18.5 Å². The summed E-state index contributed by atoms with van der Waals surface area (Å²) in [7, 11) is -3.61. The first kappa shape index (κ1) is 21.7. The van der Waals surface area contributed by atoms with Gasteiger partial charge in [-0.25, -0.2) is 13.1 Å². The Hall–Kier alpha value is -3.09. The summed E-state index contributed by atoms with van der Waals surface area (Å²) < 4.78 is 34.3. The van der Waals surface area contributed by atoms with Crippen LogP contribution >= 0.6 is 0 Å². The molecule has 170 valence electrons. The second-order valence-corrected chi connectivity index (χ2v) is 10.3. The van der Waals surface area contributed by atoms with Crippen molar-refractivity contribution in [3.05, 3.63) is 102 Å². The maximum Gasteiger partial charge on any atom is 0.240 e. The number of nitrogens with one attached hydrogen (secondary N) is 2. The van der Waals surface area contributed by atoms with E-state index in [0.717, 1.165) is 29.0 Å². The quantitative estimate of drug-likeness (QED) is 0.464. The van der Waals surface area contributed by atoms with Gasteiger partial charge in [-0.15, -0.1) is 0 Å². The Bertz CT molecular complexity index is 1250. The first-order valence-corrected chi connectivity index (χ1v) is 12.9. The molecule has 3 aromatic rings. The lowest BCUT2D eigenvalue weighted by atomic mass is 9.77. The average Bonchev–Trinajstić information content (AvgIpc) is 3.34. The highest BCUT2D eigenvalue weighted by atomic mass is 32.2. The molecule has 6 heteroatoms. The van der Waals surface area contributed by atoms with E-state index < -0.39 is 10.0 Å². The molecular weight excluding hydrogens is 432 g/mol. The largest absolute Gasteiger partial charge is 0.494 e. The highest BCUT2D eigenvalue weighted by Crippen LogP contribution is 2.50. The van der Waals surface area contributed by atoms with Crippen LogP contribution < -0.4 is 14.8 Å². The van der Waals surface area contributed by atoms with E-state index in [0.29, 0.717) is 17.4 Å². The molecule has 33 heavy (non-hydrogen) atoms. The van der Waals surface area contributed by atoms with E-state index in [9.17, 15) is 8.42 Å². The average molecular weight is 461 g/mol. The van der Waals surface area contributed by atoms with Crippen LogP contribution in [0.4, 0.5) is 5.69 Å². The van der Waals surface area contributed by atoms with Gasteiger partial charge in [-0.2, -0.15) is 0 Å². The number of fused-ring (bicyclic) bond motifs is 3. The monoisotopic (exact) mass is 460 g/mol. The molecule has 1 aliphatic heterocycles. The number of rotatable bonds is 7. The summed E-state index contributed by atoms with van der Waals surface area (Å²) in [6.07, 6.45) is 5.39. The molecule has 3 aromatic carbocycles. The molecule has 2 N–H and O–H groups in total. The predicted molar refractivity (Wildman–Crippen MR) is 131 cm³/mol. The van der Waals surface area contributed by atoms with Crippen LogP contribution in [-0.4, -0.2) is 15.0 Å². The van der Waals surface area contributed by atoms with Gasteiger partial charge in [0.25, 0.3) is 0 Å². The molecule has 2 aliphatic rings. The zero-order chi connectivity index (χ0) is 22.8. The lowest BCUT2D eigenvalue weighted by Gasteiger charge is -2.37. The first-order chi connectivity index (χ1) is 16.0.